The normalized spacial score (nSPS) is 15.8. The largest absolute Gasteiger partial charge is 0.360 e. The third-order valence-electron chi connectivity index (χ3n) is 5.42. The van der Waals surface area contributed by atoms with Gasteiger partial charge in [-0.1, -0.05) is 46.0 Å². The lowest BCUT2D eigenvalue weighted by Crippen LogP contribution is -2.02. The van der Waals surface area contributed by atoms with Crippen LogP contribution < -0.4 is 0 Å². The molecule has 1 aliphatic heterocycles. The molecule has 27 heavy (non-hydrogen) atoms. The number of allylic oxidation sites excluding steroid dienone is 2. The SMILES string of the molecule is CCCCCCCCc1ccc(/C=C2\N=C(c3ccc[nH]3)C(CC)=C2C)[nH]1. The second-order valence-corrected chi connectivity index (χ2v) is 7.49. The first-order chi connectivity index (χ1) is 13.2. The van der Waals surface area contributed by atoms with Gasteiger partial charge in [0.2, 0.25) is 0 Å². The van der Waals surface area contributed by atoms with Gasteiger partial charge in [0.1, 0.15) is 0 Å². The third kappa shape index (κ3) is 4.91. The molecule has 0 saturated carbocycles. The predicted octanol–water partition coefficient (Wildman–Crippen LogP) is 6.82. The molecule has 0 amide bonds. The summed E-state index contributed by atoms with van der Waals surface area (Å²) in [6.07, 6.45) is 14.3. The summed E-state index contributed by atoms with van der Waals surface area (Å²) in [5.74, 6) is 0. The van der Waals surface area contributed by atoms with Gasteiger partial charge in [-0.2, -0.15) is 0 Å². The van der Waals surface area contributed by atoms with Crippen molar-refractivity contribution in [3.63, 3.8) is 0 Å². The number of aryl methyl sites for hydroxylation is 1. The Hall–Kier alpha value is -2.29. The number of unbranched alkanes of at least 4 members (excludes halogenated alkanes) is 5. The Morgan fingerprint density at radius 3 is 2.56 bits per heavy atom. The Labute approximate surface area is 163 Å². The van der Waals surface area contributed by atoms with Crippen molar-refractivity contribution < 1.29 is 0 Å². The van der Waals surface area contributed by atoms with Crippen molar-refractivity contribution in [2.45, 2.75) is 72.1 Å². The number of nitrogens with zero attached hydrogens (tertiary/aromatic N) is 1. The number of aliphatic imine (C=N–C) groups is 1. The molecule has 0 atom stereocenters. The van der Waals surface area contributed by atoms with Gasteiger partial charge in [0.05, 0.1) is 17.1 Å². The van der Waals surface area contributed by atoms with Crippen LogP contribution in [0.15, 0.2) is 52.3 Å². The summed E-state index contributed by atoms with van der Waals surface area (Å²) >= 11 is 0. The summed E-state index contributed by atoms with van der Waals surface area (Å²) in [6, 6.07) is 8.53. The molecular weight excluding hydrogens is 330 g/mol. The number of H-pyrrole nitrogens is 2. The standard InChI is InChI=1S/C24H33N3/c1-4-6-7-8-9-10-12-19-14-15-20(26-19)17-23-18(3)21(5-2)24(27-23)22-13-11-16-25-22/h11,13-17,25-26H,4-10,12H2,1-3H3/b23-17-. The van der Waals surface area contributed by atoms with Crippen LogP contribution in [0.5, 0.6) is 0 Å². The summed E-state index contributed by atoms with van der Waals surface area (Å²) < 4.78 is 0. The van der Waals surface area contributed by atoms with E-state index in [4.69, 9.17) is 4.99 Å². The lowest BCUT2D eigenvalue weighted by atomic mass is 10.0. The minimum absolute atomic E-state index is 0.995. The van der Waals surface area contributed by atoms with Crippen LogP contribution in [0.25, 0.3) is 6.08 Å². The molecule has 0 saturated heterocycles. The molecule has 2 N–H and O–H groups in total. The molecule has 2 aromatic rings. The lowest BCUT2D eigenvalue weighted by Gasteiger charge is -2.02. The molecule has 0 aliphatic carbocycles. The van der Waals surface area contributed by atoms with E-state index in [0.29, 0.717) is 0 Å². The monoisotopic (exact) mass is 363 g/mol. The first-order valence-electron chi connectivity index (χ1n) is 10.6. The fourth-order valence-corrected chi connectivity index (χ4v) is 3.81. The molecule has 3 rings (SSSR count). The fourth-order valence-electron chi connectivity index (χ4n) is 3.81. The third-order valence-corrected chi connectivity index (χ3v) is 5.42. The molecule has 144 valence electrons. The zero-order valence-corrected chi connectivity index (χ0v) is 17.1. The van der Waals surface area contributed by atoms with Gasteiger partial charge in [-0.25, -0.2) is 4.99 Å². The van der Waals surface area contributed by atoms with Crippen molar-refractivity contribution in [2.75, 3.05) is 0 Å². The molecule has 1 aliphatic rings. The summed E-state index contributed by atoms with van der Waals surface area (Å²) in [5, 5.41) is 0. The minimum atomic E-state index is 0.995. The first kappa shape index (κ1) is 19.5. The first-order valence-corrected chi connectivity index (χ1v) is 10.6. The molecule has 3 heterocycles. The van der Waals surface area contributed by atoms with E-state index in [2.05, 4.69) is 55.0 Å². The fraction of sp³-hybridized carbons (Fsp3) is 0.458. The number of aromatic nitrogens is 2. The summed E-state index contributed by atoms with van der Waals surface area (Å²) in [5.41, 5.74) is 8.37. The maximum Gasteiger partial charge on any atom is 0.0906 e. The average Bonchev–Trinajstić information content (AvgIpc) is 3.40. The molecular formula is C24H33N3. The van der Waals surface area contributed by atoms with Crippen molar-refractivity contribution in [1.29, 1.82) is 0 Å². The molecule has 0 spiro atoms. The van der Waals surface area contributed by atoms with E-state index < -0.39 is 0 Å². The van der Waals surface area contributed by atoms with Crippen LogP contribution in [0.3, 0.4) is 0 Å². The van der Waals surface area contributed by atoms with Crippen LogP contribution in [-0.2, 0) is 6.42 Å². The topological polar surface area (TPSA) is 43.9 Å². The van der Waals surface area contributed by atoms with Gasteiger partial charge in [-0.15, -0.1) is 0 Å². The summed E-state index contributed by atoms with van der Waals surface area (Å²) in [4.78, 5) is 11.8. The van der Waals surface area contributed by atoms with Gasteiger partial charge in [0.15, 0.2) is 0 Å². The molecule has 0 bridgehead atoms. The highest BCUT2D eigenvalue weighted by atomic mass is 14.8. The molecule has 2 aromatic heterocycles. The zero-order chi connectivity index (χ0) is 19.1. The minimum Gasteiger partial charge on any atom is -0.360 e. The molecule has 0 fully saturated rings. The van der Waals surface area contributed by atoms with Crippen LogP contribution in [0.2, 0.25) is 0 Å². The van der Waals surface area contributed by atoms with Gasteiger partial charge in [-0.3, -0.25) is 0 Å². The number of aromatic amines is 2. The van der Waals surface area contributed by atoms with Gasteiger partial charge >= 0.3 is 0 Å². The highest BCUT2D eigenvalue weighted by Gasteiger charge is 2.21. The van der Waals surface area contributed by atoms with Crippen LogP contribution in [0, 0.1) is 0 Å². The molecule has 0 aromatic carbocycles. The van der Waals surface area contributed by atoms with Gasteiger partial charge in [-0.05, 0) is 67.7 Å². The maximum absolute atomic E-state index is 4.92. The van der Waals surface area contributed by atoms with E-state index in [1.165, 1.54) is 55.4 Å². The van der Waals surface area contributed by atoms with E-state index in [1.807, 2.05) is 12.3 Å². The zero-order valence-electron chi connectivity index (χ0n) is 17.1. The number of rotatable bonds is 10. The van der Waals surface area contributed by atoms with Crippen LogP contribution in [0.1, 0.15) is 82.8 Å². The van der Waals surface area contributed by atoms with Crippen molar-refractivity contribution >= 4 is 11.8 Å². The van der Waals surface area contributed by atoms with Crippen LogP contribution >= 0.6 is 0 Å². The molecule has 0 unspecified atom stereocenters. The second kappa shape index (κ2) is 9.59. The van der Waals surface area contributed by atoms with E-state index >= 15 is 0 Å². The summed E-state index contributed by atoms with van der Waals surface area (Å²) in [6.45, 7) is 6.66. The Bertz CT molecular complexity index is 816. The Morgan fingerprint density at radius 1 is 1.00 bits per heavy atom. The summed E-state index contributed by atoms with van der Waals surface area (Å²) in [7, 11) is 0. The van der Waals surface area contributed by atoms with Crippen LogP contribution in [0.4, 0.5) is 0 Å². The van der Waals surface area contributed by atoms with Gasteiger partial charge in [0, 0.05) is 17.6 Å². The highest BCUT2D eigenvalue weighted by Crippen LogP contribution is 2.31. The van der Waals surface area contributed by atoms with E-state index in [1.54, 1.807) is 0 Å². The Balaban J connectivity index is 1.65. The van der Waals surface area contributed by atoms with E-state index in [-0.39, 0.29) is 0 Å². The molecule has 3 heteroatoms. The number of nitrogens with one attached hydrogen (secondary N) is 2. The van der Waals surface area contributed by atoms with Crippen molar-refractivity contribution in [2.24, 2.45) is 4.99 Å². The van der Waals surface area contributed by atoms with Crippen molar-refractivity contribution in [3.05, 3.63) is 64.4 Å². The van der Waals surface area contributed by atoms with Gasteiger partial charge < -0.3 is 9.97 Å². The number of hydrogen-bond acceptors (Lipinski definition) is 1. The maximum atomic E-state index is 4.92. The Kier molecular flexibility index (Phi) is 6.92. The van der Waals surface area contributed by atoms with Gasteiger partial charge in [0.25, 0.3) is 0 Å². The average molecular weight is 364 g/mol. The highest BCUT2D eigenvalue weighted by molar-refractivity contribution is 6.15. The Morgan fingerprint density at radius 2 is 1.81 bits per heavy atom. The second-order valence-electron chi connectivity index (χ2n) is 7.49. The predicted molar refractivity (Wildman–Crippen MR) is 116 cm³/mol. The molecule has 0 radical (unpaired) electrons. The van der Waals surface area contributed by atoms with E-state index in [9.17, 15) is 0 Å². The lowest BCUT2D eigenvalue weighted by molar-refractivity contribution is 0.605. The molecule has 3 nitrogen and oxygen atoms in total. The van der Waals surface area contributed by atoms with Crippen LogP contribution in [-0.4, -0.2) is 15.7 Å². The smallest absolute Gasteiger partial charge is 0.0906 e. The van der Waals surface area contributed by atoms with E-state index in [0.717, 1.165) is 35.6 Å². The van der Waals surface area contributed by atoms with Crippen molar-refractivity contribution in [1.82, 2.24) is 9.97 Å². The van der Waals surface area contributed by atoms with Crippen molar-refractivity contribution in [3.8, 4) is 0 Å². The number of hydrogen-bond donors (Lipinski definition) is 2. The quantitative estimate of drug-likeness (QED) is 0.435.